The van der Waals surface area contributed by atoms with Crippen LogP contribution in [-0.4, -0.2) is 66.9 Å². The lowest BCUT2D eigenvalue weighted by Gasteiger charge is -2.31. The number of likely N-dealkylation sites (N-methyl/N-ethyl adjacent to an activating group) is 1. The van der Waals surface area contributed by atoms with Crippen molar-refractivity contribution in [3.63, 3.8) is 0 Å². The normalized spacial score (nSPS) is 21.6. The number of ether oxygens (including phenoxy) is 2. The molecule has 1 aliphatic rings. The fraction of sp³-hybridized carbons (Fsp3) is 0.500. The Morgan fingerprint density at radius 2 is 2.07 bits per heavy atom. The van der Waals surface area contributed by atoms with E-state index < -0.39 is 24.4 Å². The Bertz CT molecular complexity index is 698. The van der Waals surface area contributed by atoms with E-state index in [4.69, 9.17) is 9.47 Å². The Morgan fingerprint density at radius 3 is 2.75 bits per heavy atom. The van der Waals surface area contributed by atoms with Gasteiger partial charge in [-0.25, -0.2) is 0 Å². The summed E-state index contributed by atoms with van der Waals surface area (Å²) in [6.07, 6.45) is -1.49. The zero-order chi connectivity index (χ0) is 20.5. The van der Waals surface area contributed by atoms with Crippen molar-refractivity contribution in [2.75, 3.05) is 25.5 Å². The van der Waals surface area contributed by atoms with Crippen molar-refractivity contribution in [1.82, 2.24) is 10.6 Å². The average Bonchev–Trinajstić information content (AvgIpc) is 2.67. The van der Waals surface area contributed by atoms with E-state index in [-0.39, 0.29) is 44.2 Å². The van der Waals surface area contributed by atoms with Gasteiger partial charge in [0.15, 0.2) is 0 Å². The van der Waals surface area contributed by atoms with Crippen LogP contribution in [0.2, 0.25) is 0 Å². The molecule has 1 heterocycles. The number of benzene rings is 1. The standard InChI is InChI=1S/C18H25N3O7/c1-19-7-16(25)20-8-17(26)21-14-3-2-11(9-22)4-15(14)28-18-6-12(24)5-13(10-23)27-18/h2-4,10,12-13,18-19,22,24H,5-9H2,1H3,(H,20,25)(H,21,26). The van der Waals surface area contributed by atoms with E-state index in [2.05, 4.69) is 16.0 Å². The largest absolute Gasteiger partial charge is 0.463 e. The van der Waals surface area contributed by atoms with Crippen molar-refractivity contribution in [1.29, 1.82) is 0 Å². The first kappa shape index (κ1) is 21.8. The number of nitrogens with one attached hydrogen (secondary N) is 3. The first-order valence-electron chi connectivity index (χ1n) is 8.85. The van der Waals surface area contributed by atoms with Gasteiger partial charge >= 0.3 is 0 Å². The topological polar surface area (TPSA) is 146 Å². The summed E-state index contributed by atoms with van der Waals surface area (Å²) < 4.78 is 11.2. The molecule has 10 nitrogen and oxygen atoms in total. The summed E-state index contributed by atoms with van der Waals surface area (Å²) in [5.41, 5.74) is 0.843. The van der Waals surface area contributed by atoms with Gasteiger partial charge in [-0.15, -0.1) is 0 Å². The lowest BCUT2D eigenvalue weighted by molar-refractivity contribution is -0.175. The molecular weight excluding hydrogens is 370 g/mol. The van der Waals surface area contributed by atoms with Crippen LogP contribution >= 0.6 is 0 Å². The summed E-state index contributed by atoms with van der Waals surface area (Å²) in [7, 11) is 1.62. The second kappa shape index (κ2) is 10.7. The van der Waals surface area contributed by atoms with Crippen LogP contribution in [0.3, 0.4) is 0 Å². The lowest BCUT2D eigenvalue weighted by Crippen LogP contribution is -2.39. The lowest BCUT2D eigenvalue weighted by atomic mass is 10.1. The number of hydrogen-bond acceptors (Lipinski definition) is 8. The highest BCUT2D eigenvalue weighted by Crippen LogP contribution is 2.30. The van der Waals surface area contributed by atoms with Gasteiger partial charge in [-0.05, 0) is 24.7 Å². The molecule has 2 amide bonds. The highest BCUT2D eigenvalue weighted by molar-refractivity contribution is 5.95. The van der Waals surface area contributed by atoms with Crippen molar-refractivity contribution in [3.8, 4) is 5.75 Å². The van der Waals surface area contributed by atoms with Crippen LogP contribution in [0.4, 0.5) is 5.69 Å². The van der Waals surface area contributed by atoms with E-state index in [1.54, 1.807) is 19.2 Å². The molecule has 1 aromatic rings. The van der Waals surface area contributed by atoms with Crippen LogP contribution in [0, 0.1) is 0 Å². The molecule has 0 spiro atoms. The smallest absolute Gasteiger partial charge is 0.243 e. The molecule has 1 fully saturated rings. The van der Waals surface area contributed by atoms with Crippen molar-refractivity contribution in [3.05, 3.63) is 23.8 Å². The van der Waals surface area contributed by atoms with Crippen molar-refractivity contribution in [2.24, 2.45) is 0 Å². The van der Waals surface area contributed by atoms with Gasteiger partial charge in [0.2, 0.25) is 18.1 Å². The van der Waals surface area contributed by atoms with E-state index >= 15 is 0 Å². The maximum absolute atomic E-state index is 12.1. The Balaban J connectivity index is 2.07. The summed E-state index contributed by atoms with van der Waals surface area (Å²) in [5, 5.41) is 27.0. The number of rotatable bonds is 9. The Hall–Kier alpha value is -2.53. The molecule has 0 aromatic heterocycles. The fourth-order valence-corrected chi connectivity index (χ4v) is 2.66. The minimum Gasteiger partial charge on any atom is -0.463 e. The average molecular weight is 395 g/mol. The maximum Gasteiger partial charge on any atom is 0.243 e. The molecule has 28 heavy (non-hydrogen) atoms. The van der Waals surface area contributed by atoms with E-state index in [1.165, 1.54) is 6.07 Å². The van der Waals surface area contributed by atoms with Gasteiger partial charge in [0, 0.05) is 12.8 Å². The number of amides is 2. The van der Waals surface area contributed by atoms with Crippen LogP contribution in [0.1, 0.15) is 18.4 Å². The molecule has 0 aliphatic carbocycles. The monoisotopic (exact) mass is 395 g/mol. The summed E-state index contributed by atoms with van der Waals surface area (Å²) >= 11 is 0. The van der Waals surface area contributed by atoms with Crippen LogP contribution in [0.15, 0.2) is 18.2 Å². The first-order chi connectivity index (χ1) is 13.4. The number of carbonyl (C=O) groups excluding carboxylic acids is 3. The Labute approximate surface area is 162 Å². The van der Waals surface area contributed by atoms with Gasteiger partial charge in [0.05, 0.1) is 31.5 Å². The molecule has 0 saturated carbocycles. The second-order valence-electron chi connectivity index (χ2n) is 6.33. The summed E-state index contributed by atoms with van der Waals surface area (Å²) in [5.74, 6) is -0.583. The molecule has 1 aromatic carbocycles. The van der Waals surface area contributed by atoms with E-state index in [0.717, 1.165) is 0 Å². The Kier molecular flexibility index (Phi) is 8.33. The molecule has 0 radical (unpaired) electrons. The Morgan fingerprint density at radius 1 is 1.29 bits per heavy atom. The van der Waals surface area contributed by atoms with Gasteiger partial charge in [0.1, 0.15) is 18.1 Å². The van der Waals surface area contributed by atoms with Crippen LogP contribution < -0.4 is 20.7 Å². The van der Waals surface area contributed by atoms with Gasteiger partial charge in [-0.3, -0.25) is 9.59 Å². The summed E-state index contributed by atoms with van der Waals surface area (Å²) in [4.78, 5) is 34.5. The highest BCUT2D eigenvalue weighted by atomic mass is 16.7. The van der Waals surface area contributed by atoms with Gasteiger partial charge in [-0.2, -0.15) is 0 Å². The van der Waals surface area contributed by atoms with Gasteiger partial charge in [0.25, 0.3) is 0 Å². The van der Waals surface area contributed by atoms with Crippen molar-refractivity contribution >= 4 is 23.8 Å². The molecule has 154 valence electrons. The molecule has 1 aliphatic heterocycles. The third kappa shape index (κ3) is 6.57. The first-order valence-corrected chi connectivity index (χ1v) is 8.85. The number of hydrogen-bond donors (Lipinski definition) is 5. The SMILES string of the molecule is CNCC(=O)NCC(=O)Nc1ccc(CO)cc1OC1CC(O)CC(C=O)O1. The van der Waals surface area contributed by atoms with Gasteiger partial charge < -0.3 is 40.4 Å². The number of aliphatic hydroxyl groups excluding tert-OH is 2. The van der Waals surface area contributed by atoms with Gasteiger partial charge in [-0.1, -0.05) is 6.07 Å². The minimum absolute atomic E-state index is 0.0894. The number of carbonyl (C=O) groups is 3. The molecule has 1 saturated heterocycles. The summed E-state index contributed by atoms with van der Waals surface area (Å²) in [6, 6.07) is 4.67. The fourth-order valence-electron chi connectivity index (χ4n) is 2.66. The second-order valence-corrected chi connectivity index (χ2v) is 6.33. The molecule has 5 N–H and O–H groups in total. The quantitative estimate of drug-likeness (QED) is 0.331. The number of anilines is 1. The predicted octanol–water partition coefficient (Wildman–Crippen LogP) is -1.10. The molecule has 10 heteroatoms. The van der Waals surface area contributed by atoms with E-state index in [1.807, 2.05) is 0 Å². The maximum atomic E-state index is 12.1. The zero-order valence-corrected chi connectivity index (χ0v) is 15.5. The molecule has 0 bridgehead atoms. The van der Waals surface area contributed by atoms with Crippen LogP contribution in [0.25, 0.3) is 0 Å². The van der Waals surface area contributed by atoms with Crippen LogP contribution in [0.5, 0.6) is 5.75 Å². The third-order valence-electron chi connectivity index (χ3n) is 3.99. The highest BCUT2D eigenvalue weighted by Gasteiger charge is 2.30. The van der Waals surface area contributed by atoms with Crippen molar-refractivity contribution in [2.45, 2.75) is 37.9 Å². The molecular formula is C18H25N3O7. The molecule has 3 unspecified atom stereocenters. The van der Waals surface area contributed by atoms with E-state index in [0.29, 0.717) is 17.5 Å². The minimum atomic E-state index is -0.890. The number of aliphatic hydroxyl groups is 2. The number of aldehydes is 1. The molecule has 2 rings (SSSR count). The summed E-state index contributed by atoms with van der Waals surface area (Å²) in [6.45, 7) is -0.380. The third-order valence-corrected chi connectivity index (χ3v) is 3.99. The van der Waals surface area contributed by atoms with E-state index in [9.17, 15) is 24.6 Å². The zero-order valence-electron chi connectivity index (χ0n) is 15.5. The van der Waals surface area contributed by atoms with Crippen LogP contribution in [-0.2, 0) is 25.7 Å². The van der Waals surface area contributed by atoms with Crippen molar-refractivity contribution < 1.29 is 34.1 Å². The predicted molar refractivity (Wildman–Crippen MR) is 98.5 cm³/mol. The molecule has 3 atom stereocenters.